The van der Waals surface area contributed by atoms with E-state index in [-0.39, 0.29) is 4.75 Å². The number of hydrogen-bond donors (Lipinski definition) is 0. The summed E-state index contributed by atoms with van der Waals surface area (Å²) in [5.41, 5.74) is 0. The second-order valence-electron chi connectivity index (χ2n) is 4.63. The van der Waals surface area contributed by atoms with Crippen LogP contribution in [-0.4, -0.2) is 28.4 Å². The van der Waals surface area contributed by atoms with Crippen LogP contribution in [-0.2, 0) is 15.7 Å². The highest BCUT2D eigenvalue weighted by atomic mass is 32.2. The molecule has 0 aromatic heterocycles. The maximum Gasteiger partial charge on any atom is 0.144 e. The van der Waals surface area contributed by atoms with Gasteiger partial charge in [0, 0.05) is 12.8 Å². The Balaban J connectivity index is 2.09. The molecule has 0 aromatic carbocycles. The predicted molar refractivity (Wildman–Crippen MR) is 59.9 cm³/mol. The summed E-state index contributed by atoms with van der Waals surface area (Å²) in [6.45, 7) is 7.04. The van der Waals surface area contributed by atoms with Crippen molar-refractivity contribution in [2.45, 2.75) is 38.4 Å². The second kappa shape index (κ2) is 5.03. The van der Waals surface area contributed by atoms with Crippen LogP contribution < -0.4 is 0 Å². The van der Waals surface area contributed by atoms with Crippen LogP contribution in [0.4, 0.5) is 0 Å². The van der Waals surface area contributed by atoms with Crippen LogP contribution in [0.25, 0.3) is 0 Å². The lowest BCUT2D eigenvalue weighted by molar-refractivity contribution is 0.163. The zero-order valence-electron chi connectivity index (χ0n) is 9.16. The van der Waals surface area contributed by atoms with Gasteiger partial charge in [-0.25, -0.2) is 4.21 Å². The van der Waals surface area contributed by atoms with Gasteiger partial charge < -0.3 is 4.74 Å². The molecule has 1 saturated carbocycles. The molecule has 3 nitrogen and oxygen atoms in total. The Labute approximate surface area is 88.5 Å². The van der Waals surface area contributed by atoms with Gasteiger partial charge in [0.1, 0.15) is 11.0 Å². The van der Waals surface area contributed by atoms with Crippen molar-refractivity contribution in [3.8, 4) is 0 Å². The standard InChI is InChI=1S/C10H19NO2S/c1-10(2,3)14(12)11-6-7-13-8-9-4-5-9/h6,9H,4-5,7-8H2,1-3H3. The fourth-order valence-electron chi connectivity index (χ4n) is 0.828. The van der Waals surface area contributed by atoms with Crippen LogP contribution in [0.1, 0.15) is 33.6 Å². The van der Waals surface area contributed by atoms with Gasteiger partial charge in [0.25, 0.3) is 0 Å². The Hall–Kier alpha value is -0.220. The Morgan fingerprint density at radius 3 is 2.64 bits per heavy atom. The molecule has 1 aliphatic carbocycles. The van der Waals surface area contributed by atoms with E-state index in [4.69, 9.17) is 4.74 Å². The smallest absolute Gasteiger partial charge is 0.144 e. The molecule has 0 radical (unpaired) electrons. The number of ether oxygens (including phenoxy) is 1. The predicted octanol–water partition coefficient (Wildman–Crippen LogP) is 1.95. The minimum Gasteiger partial charge on any atom is -0.375 e. The van der Waals surface area contributed by atoms with E-state index in [9.17, 15) is 4.21 Å². The molecule has 4 heteroatoms. The minimum absolute atomic E-state index is 0.271. The second-order valence-corrected chi connectivity index (χ2v) is 6.56. The monoisotopic (exact) mass is 217 g/mol. The van der Waals surface area contributed by atoms with E-state index in [0.29, 0.717) is 6.61 Å². The average molecular weight is 217 g/mol. The van der Waals surface area contributed by atoms with Crippen molar-refractivity contribution in [2.75, 3.05) is 13.2 Å². The number of nitrogens with zero attached hydrogens (tertiary/aromatic N) is 1. The molecule has 0 saturated heterocycles. The van der Waals surface area contributed by atoms with Crippen molar-refractivity contribution in [3.05, 3.63) is 0 Å². The molecule has 14 heavy (non-hydrogen) atoms. The third-order valence-corrected chi connectivity index (χ3v) is 3.33. The third-order valence-electron chi connectivity index (χ3n) is 1.94. The van der Waals surface area contributed by atoms with Gasteiger partial charge in [-0.05, 0) is 39.5 Å². The van der Waals surface area contributed by atoms with Crippen LogP contribution in [0.5, 0.6) is 0 Å². The first-order chi connectivity index (χ1) is 6.50. The summed E-state index contributed by atoms with van der Waals surface area (Å²) >= 11 is 0. The lowest BCUT2D eigenvalue weighted by Gasteiger charge is -2.12. The Morgan fingerprint density at radius 1 is 1.50 bits per heavy atom. The summed E-state index contributed by atoms with van der Waals surface area (Å²) in [7, 11) is -1.15. The first-order valence-electron chi connectivity index (χ1n) is 5.02. The van der Waals surface area contributed by atoms with Crippen molar-refractivity contribution >= 4 is 17.2 Å². The first-order valence-corrected chi connectivity index (χ1v) is 6.13. The van der Waals surface area contributed by atoms with Gasteiger partial charge in [-0.1, -0.05) is 0 Å². The lowest BCUT2D eigenvalue weighted by Crippen LogP contribution is -2.19. The zero-order chi connectivity index (χ0) is 10.6. The molecule has 0 N–H and O–H groups in total. The van der Waals surface area contributed by atoms with E-state index in [1.54, 1.807) is 6.21 Å². The summed E-state index contributed by atoms with van der Waals surface area (Å²) < 4.78 is 20.4. The summed E-state index contributed by atoms with van der Waals surface area (Å²) in [5.74, 6) is 0.775. The van der Waals surface area contributed by atoms with E-state index in [1.165, 1.54) is 12.8 Å². The molecule has 0 bridgehead atoms. The van der Waals surface area contributed by atoms with E-state index >= 15 is 0 Å². The Bertz CT molecular complexity index is 229. The highest BCUT2D eigenvalue weighted by Crippen LogP contribution is 2.28. The van der Waals surface area contributed by atoms with Gasteiger partial charge >= 0.3 is 0 Å². The minimum atomic E-state index is -1.15. The molecule has 1 atom stereocenters. The van der Waals surface area contributed by atoms with Gasteiger partial charge in [-0.3, -0.25) is 0 Å². The van der Waals surface area contributed by atoms with Gasteiger partial charge in [-0.2, -0.15) is 4.40 Å². The van der Waals surface area contributed by atoms with Crippen LogP contribution in [0.3, 0.4) is 0 Å². The molecule has 0 aromatic rings. The van der Waals surface area contributed by atoms with E-state index in [1.807, 2.05) is 20.8 Å². The normalized spacial score (nSPS) is 20.2. The summed E-state index contributed by atoms with van der Waals surface area (Å²) in [6, 6.07) is 0. The molecule has 1 aliphatic rings. The Morgan fingerprint density at radius 2 is 2.14 bits per heavy atom. The first kappa shape index (κ1) is 11.9. The maximum absolute atomic E-state index is 11.4. The molecule has 1 unspecified atom stereocenters. The lowest BCUT2D eigenvalue weighted by atomic mass is 10.3. The number of rotatable bonds is 5. The van der Waals surface area contributed by atoms with Crippen molar-refractivity contribution in [1.29, 1.82) is 0 Å². The Kier molecular flexibility index (Phi) is 4.26. The summed E-state index contributed by atoms with van der Waals surface area (Å²) in [4.78, 5) is 0. The van der Waals surface area contributed by atoms with Gasteiger partial charge in [0.15, 0.2) is 0 Å². The molecule has 0 aliphatic heterocycles. The van der Waals surface area contributed by atoms with Gasteiger partial charge in [0.05, 0.1) is 11.4 Å². The molecular weight excluding hydrogens is 198 g/mol. The molecule has 1 fully saturated rings. The van der Waals surface area contributed by atoms with Crippen LogP contribution in [0.15, 0.2) is 4.40 Å². The van der Waals surface area contributed by atoms with Crippen LogP contribution >= 0.6 is 0 Å². The fourth-order valence-corrected chi connectivity index (χ4v) is 1.34. The van der Waals surface area contributed by atoms with Crippen LogP contribution in [0, 0.1) is 5.92 Å². The summed E-state index contributed by atoms with van der Waals surface area (Å²) in [5, 5.41) is 0. The molecule has 82 valence electrons. The molecular formula is C10H19NO2S. The molecule has 0 amide bonds. The maximum atomic E-state index is 11.4. The van der Waals surface area contributed by atoms with Crippen molar-refractivity contribution in [2.24, 2.45) is 10.3 Å². The van der Waals surface area contributed by atoms with E-state index in [2.05, 4.69) is 4.40 Å². The third kappa shape index (κ3) is 4.86. The van der Waals surface area contributed by atoms with Crippen molar-refractivity contribution in [3.63, 3.8) is 0 Å². The van der Waals surface area contributed by atoms with E-state index < -0.39 is 11.0 Å². The van der Waals surface area contributed by atoms with E-state index in [0.717, 1.165) is 12.5 Å². The molecule has 0 spiro atoms. The largest absolute Gasteiger partial charge is 0.375 e. The topological polar surface area (TPSA) is 38.7 Å². The average Bonchev–Trinajstić information content (AvgIpc) is 2.85. The summed E-state index contributed by atoms with van der Waals surface area (Å²) in [6.07, 6.45) is 4.21. The van der Waals surface area contributed by atoms with Gasteiger partial charge in [0.2, 0.25) is 0 Å². The highest BCUT2D eigenvalue weighted by molar-refractivity contribution is 7.85. The van der Waals surface area contributed by atoms with Gasteiger partial charge in [-0.15, -0.1) is 0 Å². The van der Waals surface area contributed by atoms with Crippen molar-refractivity contribution < 1.29 is 8.95 Å². The highest BCUT2D eigenvalue weighted by Gasteiger charge is 2.21. The molecule has 0 heterocycles. The van der Waals surface area contributed by atoms with Crippen molar-refractivity contribution in [1.82, 2.24) is 0 Å². The fraction of sp³-hybridized carbons (Fsp3) is 0.900. The van der Waals surface area contributed by atoms with Crippen LogP contribution in [0.2, 0.25) is 0 Å². The zero-order valence-corrected chi connectivity index (χ0v) is 9.97. The molecule has 1 rings (SSSR count). The number of hydrogen-bond acceptors (Lipinski definition) is 2. The SMILES string of the molecule is CC(C)(C)S(=O)N=CCOCC1CC1. The quantitative estimate of drug-likeness (QED) is 0.521.